The molecule has 1 rings (SSSR count). The van der Waals surface area contributed by atoms with Gasteiger partial charge < -0.3 is 4.74 Å². The highest BCUT2D eigenvalue weighted by molar-refractivity contribution is 5.11. The molecule has 90 valence electrons. The number of aromatic nitrogens is 2. The molecule has 0 N–H and O–H groups in total. The smallest absolute Gasteiger partial charge is 0.385 e. The van der Waals surface area contributed by atoms with Crippen molar-refractivity contribution in [2.75, 3.05) is 13.7 Å². The zero-order valence-corrected chi connectivity index (χ0v) is 9.08. The van der Waals surface area contributed by atoms with Gasteiger partial charge in [0, 0.05) is 26.1 Å². The van der Waals surface area contributed by atoms with E-state index in [4.69, 9.17) is 4.74 Å². The third-order valence-corrected chi connectivity index (χ3v) is 2.25. The van der Waals surface area contributed by atoms with Gasteiger partial charge in [0.25, 0.3) is 0 Å². The normalized spacial score (nSPS) is 13.8. The second-order valence-electron chi connectivity index (χ2n) is 3.52. The Morgan fingerprint density at radius 2 is 1.88 bits per heavy atom. The van der Waals surface area contributed by atoms with Crippen LogP contribution in [0, 0.1) is 0 Å². The van der Waals surface area contributed by atoms with Crippen LogP contribution in [0.25, 0.3) is 0 Å². The molecule has 1 aromatic rings. The third-order valence-electron chi connectivity index (χ3n) is 2.25. The first kappa shape index (κ1) is 12.9. The van der Waals surface area contributed by atoms with Gasteiger partial charge in [-0.25, -0.2) is 9.97 Å². The van der Waals surface area contributed by atoms with Crippen LogP contribution in [0.15, 0.2) is 12.4 Å². The van der Waals surface area contributed by atoms with E-state index in [0.717, 1.165) is 6.42 Å². The summed E-state index contributed by atoms with van der Waals surface area (Å²) in [5.74, 6) is -1.02. The van der Waals surface area contributed by atoms with Crippen LogP contribution in [0.2, 0.25) is 0 Å². The van der Waals surface area contributed by atoms with E-state index >= 15 is 0 Å². The maximum atomic E-state index is 12.2. The van der Waals surface area contributed by atoms with Crippen LogP contribution in [-0.2, 0) is 10.9 Å². The standard InChI is InChI=1S/C10H13F3N2O/c1-7(3-4-16-2)8-5-14-9(15-6-8)10(11,12)13/h5-7H,3-4H2,1-2H3. The number of methoxy groups -OCH3 is 1. The number of halogens is 3. The van der Waals surface area contributed by atoms with E-state index < -0.39 is 12.0 Å². The topological polar surface area (TPSA) is 35.0 Å². The van der Waals surface area contributed by atoms with Crippen LogP contribution in [0.4, 0.5) is 13.2 Å². The molecule has 3 nitrogen and oxygen atoms in total. The Hall–Kier alpha value is -1.17. The number of alkyl halides is 3. The first-order valence-corrected chi connectivity index (χ1v) is 4.83. The fraction of sp³-hybridized carbons (Fsp3) is 0.600. The van der Waals surface area contributed by atoms with Crippen molar-refractivity contribution in [3.05, 3.63) is 23.8 Å². The number of rotatable bonds is 4. The van der Waals surface area contributed by atoms with Gasteiger partial charge in [-0.3, -0.25) is 0 Å². The molecule has 0 saturated heterocycles. The number of hydrogen-bond acceptors (Lipinski definition) is 3. The van der Waals surface area contributed by atoms with Crippen LogP contribution in [0.3, 0.4) is 0 Å². The van der Waals surface area contributed by atoms with Gasteiger partial charge in [0.05, 0.1) is 0 Å². The Bertz CT molecular complexity index is 324. The molecule has 0 aliphatic rings. The highest BCUT2D eigenvalue weighted by Gasteiger charge is 2.34. The van der Waals surface area contributed by atoms with Crippen LogP contribution in [-0.4, -0.2) is 23.7 Å². The highest BCUT2D eigenvalue weighted by Crippen LogP contribution is 2.26. The van der Waals surface area contributed by atoms with Gasteiger partial charge in [0.2, 0.25) is 5.82 Å². The molecular weight excluding hydrogens is 221 g/mol. The molecule has 1 unspecified atom stereocenters. The Morgan fingerprint density at radius 3 is 2.31 bits per heavy atom. The molecule has 0 bridgehead atoms. The molecule has 0 aromatic carbocycles. The van der Waals surface area contributed by atoms with Crippen molar-refractivity contribution in [2.24, 2.45) is 0 Å². The van der Waals surface area contributed by atoms with Gasteiger partial charge >= 0.3 is 6.18 Å². The van der Waals surface area contributed by atoms with Crippen molar-refractivity contribution in [2.45, 2.75) is 25.4 Å². The van der Waals surface area contributed by atoms with E-state index in [1.807, 2.05) is 6.92 Å². The first-order valence-electron chi connectivity index (χ1n) is 4.83. The number of nitrogens with zero attached hydrogens (tertiary/aromatic N) is 2. The van der Waals surface area contributed by atoms with E-state index in [1.54, 1.807) is 7.11 Å². The van der Waals surface area contributed by atoms with E-state index in [0.29, 0.717) is 12.2 Å². The van der Waals surface area contributed by atoms with Gasteiger partial charge in [-0.2, -0.15) is 13.2 Å². The molecule has 0 amide bonds. The summed E-state index contributed by atoms with van der Waals surface area (Å²) in [7, 11) is 1.58. The second-order valence-corrected chi connectivity index (χ2v) is 3.52. The summed E-state index contributed by atoms with van der Waals surface area (Å²) in [6.07, 6.45) is -1.31. The van der Waals surface area contributed by atoms with E-state index in [1.165, 1.54) is 12.4 Å². The second kappa shape index (κ2) is 5.25. The fourth-order valence-electron chi connectivity index (χ4n) is 1.20. The van der Waals surface area contributed by atoms with Crippen molar-refractivity contribution in [1.29, 1.82) is 0 Å². The largest absolute Gasteiger partial charge is 0.451 e. The fourth-order valence-corrected chi connectivity index (χ4v) is 1.20. The predicted molar refractivity (Wildman–Crippen MR) is 51.9 cm³/mol. The minimum absolute atomic E-state index is 0.0854. The average molecular weight is 234 g/mol. The lowest BCUT2D eigenvalue weighted by Gasteiger charge is -2.11. The first-order chi connectivity index (χ1) is 7.45. The minimum Gasteiger partial charge on any atom is -0.385 e. The van der Waals surface area contributed by atoms with Gasteiger partial charge in [0.1, 0.15) is 0 Å². The summed E-state index contributed by atoms with van der Waals surface area (Å²) >= 11 is 0. The SMILES string of the molecule is COCCC(C)c1cnc(C(F)(F)F)nc1. The number of ether oxygens (including phenoxy) is 1. The van der Waals surface area contributed by atoms with Crippen molar-refractivity contribution < 1.29 is 17.9 Å². The number of hydrogen-bond donors (Lipinski definition) is 0. The lowest BCUT2D eigenvalue weighted by atomic mass is 10.0. The summed E-state index contributed by atoms with van der Waals surface area (Å²) in [5.41, 5.74) is 0.685. The quantitative estimate of drug-likeness (QED) is 0.803. The van der Waals surface area contributed by atoms with Gasteiger partial charge in [-0.05, 0) is 17.9 Å². The Morgan fingerprint density at radius 1 is 1.31 bits per heavy atom. The molecule has 0 spiro atoms. The van der Waals surface area contributed by atoms with Gasteiger partial charge in [0.15, 0.2) is 0 Å². The lowest BCUT2D eigenvalue weighted by Crippen LogP contribution is -2.11. The zero-order valence-electron chi connectivity index (χ0n) is 9.08. The zero-order chi connectivity index (χ0) is 12.2. The molecule has 0 radical (unpaired) electrons. The van der Waals surface area contributed by atoms with E-state index in [2.05, 4.69) is 9.97 Å². The molecule has 1 aromatic heterocycles. The predicted octanol–water partition coefficient (Wildman–Crippen LogP) is 2.64. The monoisotopic (exact) mass is 234 g/mol. The molecule has 6 heteroatoms. The average Bonchev–Trinajstić information content (AvgIpc) is 2.25. The van der Waals surface area contributed by atoms with Gasteiger partial charge in [-0.15, -0.1) is 0 Å². The third kappa shape index (κ3) is 3.44. The summed E-state index contributed by atoms with van der Waals surface area (Å²) in [6.45, 7) is 2.45. The molecule has 0 saturated carbocycles. The van der Waals surface area contributed by atoms with Gasteiger partial charge in [-0.1, -0.05) is 6.92 Å². The van der Waals surface area contributed by atoms with E-state index in [-0.39, 0.29) is 5.92 Å². The molecule has 0 aliphatic carbocycles. The minimum atomic E-state index is -4.48. The molecule has 1 atom stereocenters. The Balaban J connectivity index is 2.71. The maximum Gasteiger partial charge on any atom is 0.451 e. The summed E-state index contributed by atoms with van der Waals surface area (Å²) in [6, 6.07) is 0. The van der Waals surface area contributed by atoms with Crippen molar-refractivity contribution in [3.8, 4) is 0 Å². The Kier molecular flexibility index (Phi) is 4.23. The van der Waals surface area contributed by atoms with E-state index in [9.17, 15) is 13.2 Å². The molecule has 16 heavy (non-hydrogen) atoms. The van der Waals surface area contributed by atoms with Crippen molar-refractivity contribution >= 4 is 0 Å². The Labute approximate surface area is 91.7 Å². The van der Waals surface area contributed by atoms with Crippen LogP contribution >= 0.6 is 0 Å². The summed E-state index contributed by atoms with van der Waals surface area (Å²) in [5, 5.41) is 0. The summed E-state index contributed by atoms with van der Waals surface area (Å²) in [4.78, 5) is 6.60. The van der Waals surface area contributed by atoms with Crippen molar-refractivity contribution in [1.82, 2.24) is 9.97 Å². The molecular formula is C10H13F3N2O. The van der Waals surface area contributed by atoms with Crippen LogP contribution < -0.4 is 0 Å². The van der Waals surface area contributed by atoms with Crippen LogP contribution in [0.5, 0.6) is 0 Å². The maximum absolute atomic E-state index is 12.2. The summed E-state index contributed by atoms with van der Waals surface area (Å²) < 4.78 is 41.4. The molecule has 1 heterocycles. The van der Waals surface area contributed by atoms with Crippen molar-refractivity contribution in [3.63, 3.8) is 0 Å². The highest BCUT2D eigenvalue weighted by atomic mass is 19.4. The molecule has 0 aliphatic heterocycles. The molecule has 0 fully saturated rings. The lowest BCUT2D eigenvalue weighted by molar-refractivity contribution is -0.145. The van der Waals surface area contributed by atoms with Crippen LogP contribution in [0.1, 0.15) is 30.7 Å².